The van der Waals surface area contributed by atoms with Crippen molar-refractivity contribution in [3.05, 3.63) is 105 Å². The van der Waals surface area contributed by atoms with Crippen LogP contribution in [-0.4, -0.2) is 23.0 Å². The van der Waals surface area contributed by atoms with Crippen LogP contribution in [0, 0.1) is 6.92 Å². The zero-order valence-corrected chi connectivity index (χ0v) is 19.5. The zero-order valence-electron chi connectivity index (χ0n) is 19.5. The maximum Gasteiger partial charge on any atom is 0.257 e. The van der Waals surface area contributed by atoms with Gasteiger partial charge in [-0.2, -0.15) is 0 Å². The Morgan fingerprint density at radius 1 is 0.971 bits per heavy atom. The maximum absolute atomic E-state index is 13.2. The number of hydrogen-bond donors (Lipinski definition) is 2. The van der Waals surface area contributed by atoms with Crippen molar-refractivity contribution >= 4 is 11.7 Å². The first-order chi connectivity index (χ1) is 17.0. The molecule has 1 aliphatic rings. The number of aromatic amines is 1. The van der Waals surface area contributed by atoms with Crippen molar-refractivity contribution in [1.29, 1.82) is 0 Å². The number of aromatic nitrogens is 2. The van der Waals surface area contributed by atoms with Crippen LogP contribution in [0.4, 0.5) is 5.82 Å². The Morgan fingerprint density at radius 2 is 1.74 bits per heavy atom. The molecule has 0 aliphatic carbocycles. The topological polar surface area (TPSA) is 93.3 Å². The van der Waals surface area contributed by atoms with Gasteiger partial charge in [-0.15, -0.1) is 0 Å². The number of amides is 1. The summed E-state index contributed by atoms with van der Waals surface area (Å²) in [4.78, 5) is 33.1. The van der Waals surface area contributed by atoms with E-state index in [9.17, 15) is 9.59 Å². The Balaban J connectivity index is 1.46. The van der Waals surface area contributed by atoms with E-state index in [-0.39, 0.29) is 23.7 Å². The average Bonchev–Trinajstić information content (AvgIpc) is 2.88. The summed E-state index contributed by atoms with van der Waals surface area (Å²) in [5.41, 5.74) is 3.93. The monoisotopic (exact) mass is 467 g/mol. The Bertz CT molecular complexity index is 1430. The van der Waals surface area contributed by atoms with E-state index < -0.39 is 5.92 Å². The molecule has 5 rings (SSSR count). The number of hydrogen-bond acceptors (Lipinski definition) is 5. The third-order valence-corrected chi connectivity index (χ3v) is 6.10. The second kappa shape index (κ2) is 9.46. The molecule has 2 N–H and O–H groups in total. The molecule has 7 heteroatoms. The van der Waals surface area contributed by atoms with Crippen LogP contribution in [0.15, 0.2) is 77.6 Å². The minimum Gasteiger partial charge on any atom is -0.493 e. The summed E-state index contributed by atoms with van der Waals surface area (Å²) in [7, 11) is 1.57. The number of carbonyl (C=O) groups excluding carboxylic acids is 1. The van der Waals surface area contributed by atoms with Crippen molar-refractivity contribution in [1.82, 2.24) is 9.97 Å². The number of methoxy groups -OCH3 is 1. The highest BCUT2D eigenvalue weighted by Gasteiger charge is 2.31. The normalized spacial score (nSPS) is 14.7. The van der Waals surface area contributed by atoms with Gasteiger partial charge in [0.1, 0.15) is 18.2 Å². The molecule has 1 amide bonds. The summed E-state index contributed by atoms with van der Waals surface area (Å²) in [5, 5.41) is 2.77. The number of carbonyl (C=O) groups is 1. The maximum atomic E-state index is 13.2. The van der Waals surface area contributed by atoms with Crippen molar-refractivity contribution in [3.63, 3.8) is 0 Å². The van der Waals surface area contributed by atoms with Gasteiger partial charge in [-0.1, -0.05) is 66.2 Å². The van der Waals surface area contributed by atoms with Gasteiger partial charge in [0.25, 0.3) is 5.56 Å². The van der Waals surface area contributed by atoms with Crippen molar-refractivity contribution < 1.29 is 14.3 Å². The van der Waals surface area contributed by atoms with Crippen LogP contribution in [-0.2, 0) is 11.4 Å². The van der Waals surface area contributed by atoms with Crippen LogP contribution < -0.4 is 20.3 Å². The van der Waals surface area contributed by atoms with Crippen LogP contribution >= 0.6 is 0 Å². The molecular formula is C28H25N3O4. The van der Waals surface area contributed by atoms with Crippen molar-refractivity contribution in [3.8, 4) is 22.9 Å². The predicted octanol–water partition coefficient (Wildman–Crippen LogP) is 4.81. The lowest BCUT2D eigenvalue weighted by atomic mass is 9.86. The van der Waals surface area contributed by atoms with Crippen molar-refractivity contribution in [2.24, 2.45) is 0 Å². The summed E-state index contributed by atoms with van der Waals surface area (Å²) in [6, 6.07) is 23.0. The van der Waals surface area contributed by atoms with E-state index in [1.54, 1.807) is 7.11 Å². The third-order valence-electron chi connectivity index (χ3n) is 6.10. The smallest absolute Gasteiger partial charge is 0.257 e. The first kappa shape index (κ1) is 22.4. The fourth-order valence-electron chi connectivity index (χ4n) is 4.25. The van der Waals surface area contributed by atoms with Crippen LogP contribution in [0.25, 0.3) is 11.4 Å². The average molecular weight is 468 g/mol. The van der Waals surface area contributed by atoms with Gasteiger partial charge in [-0.05, 0) is 30.2 Å². The van der Waals surface area contributed by atoms with E-state index in [2.05, 4.69) is 15.3 Å². The summed E-state index contributed by atoms with van der Waals surface area (Å²) in [6.45, 7) is 2.44. The Hall–Kier alpha value is -4.39. The van der Waals surface area contributed by atoms with Crippen LogP contribution in [0.5, 0.6) is 11.5 Å². The lowest BCUT2D eigenvalue weighted by molar-refractivity contribution is -0.116. The molecule has 1 atom stereocenters. The number of H-pyrrole nitrogens is 1. The highest BCUT2D eigenvalue weighted by Crippen LogP contribution is 2.38. The molecule has 1 aliphatic heterocycles. The predicted molar refractivity (Wildman–Crippen MR) is 134 cm³/mol. The number of aryl methyl sites for hydroxylation is 1. The minimum atomic E-state index is -0.458. The van der Waals surface area contributed by atoms with Gasteiger partial charge in [0.05, 0.1) is 12.7 Å². The molecule has 1 unspecified atom stereocenters. The van der Waals surface area contributed by atoms with Crippen molar-refractivity contribution in [2.45, 2.75) is 25.9 Å². The van der Waals surface area contributed by atoms with Gasteiger partial charge in [0, 0.05) is 17.9 Å². The first-order valence-corrected chi connectivity index (χ1v) is 11.4. The molecule has 0 saturated heterocycles. The highest BCUT2D eigenvalue weighted by atomic mass is 16.5. The number of rotatable bonds is 6. The number of nitrogens with one attached hydrogen (secondary N) is 2. The van der Waals surface area contributed by atoms with Crippen LogP contribution in [0.2, 0.25) is 0 Å². The number of fused-ring (bicyclic) bond motifs is 1. The van der Waals surface area contributed by atoms with Gasteiger partial charge in [0.2, 0.25) is 5.91 Å². The minimum absolute atomic E-state index is 0.134. The van der Waals surface area contributed by atoms with Crippen molar-refractivity contribution in [2.75, 3.05) is 12.4 Å². The molecule has 0 radical (unpaired) electrons. The summed E-state index contributed by atoms with van der Waals surface area (Å²) in [6.07, 6.45) is 0.134. The molecule has 0 saturated carbocycles. The number of nitrogens with zero attached hydrogens (tertiary/aromatic N) is 1. The first-order valence-electron chi connectivity index (χ1n) is 11.4. The van der Waals surface area contributed by atoms with Gasteiger partial charge in [-0.3, -0.25) is 9.59 Å². The Labute approximate surface area is 202 Å². The number of benzene rings is 3. The van der Waals surface area contributed by atoms with Gasteiger partial charge < -0.3 is 19.8 Å². The van der Waals surface area contributed by atoms with Crippen LogP contribution in [0.1, 0.15) is 34.6 Å². The second-order valence-electron chi connectivity index (χ2n) is 8.53. The molecule has 3 aromatic carbocycles. The van der Waals surface area contributed by atoms with E-state index in [1.165, 1.54) is 5.56 Å². The fourth-order valence-corrected chi connectivity index (χ4v) is 4.25. The van der Waals surface area contributed by atoms with E-state index in [0.717, 1.165) is 16.7 Å². The Morgan fingerprint density at radius 3 is 2.49 bits per heavy atom. The van der Waals surface area contributed by atoms with Gasteiger partial charge in [-0.25, -0.2) is 4.98 Å². The second-order valence-corrected chi connectivity index (χ2v) is 8.53. The zero-order chi connectivity index (χ0) is 24.4. The lowest BCUT2D eigenvalue weighted by Gasteiger charge is -2.25. The van der Waals surface area contributed by atoms with E-state index in [0.29, 0.717) is 29.5 Å². The summed E-state index contributed by atoms with van der Waals surface area (Å²) in [5.74, 6) is 1.16. The standard InChI is InChI=1S/C28H25N3O4/c1-17-8-10-18(11-9-17)16-35-22-13-12-20(14-23(22)34-2)21-15-24(32)29-27-25(21)28(33)31-26(30-27)19-6-4-3-5-7-19/h3-14,21H,15-16H2,1-2H3,(H2,29,30,31,32,33). The molecule has 1 aromatic heterocycles. The van der Waals surface area contributed by atoms with E-state index >= 15 is 0 Å². The molecule has 0 spiro atoms. The van der Waals surface area contributed by atoms with Gasteiger partial charge in [0.15, 0.2) is 11.5 Å². The van der Waals surface area contributed by atoms with Crippen LogP contribution in [0.3, 0.4) is 0 Å². The van der Waals surface area contributed by atoms with E-state index in [4.69, 9.17) is 9.47 Å². The molecule has 0 bridgehead atoms. The quantitative estimate of drug-likeness (QED) is 0.425. The number of ether oxygens (including phenoxy) is 2. The molecule has 0 fully saturated rings. The molecule has 176 valence electrons. The Kier molecular flexibility index (Phi) is 6.06. The lowest BCUT2D eigenvalue weighted by Crippen LogP contribution is -2.31. The molecule has 7 nitrogen and oxygen atoms in total. The summed E-state index contributed by atoms with van der Waals surface area (Å²) < 4.78 is 11.6. The summed E-state index contributed by atoms with van der Waals surface area (Å²) >= 11 is 0. The molecular weight excluding hydrogens is 442 g/mol. The third kappa shape index (κ3) is 4.66. The van der Waals surface area contributed by atoms with Gasteiger partial charge >= 0.3 is 0 Å². The molecule has 4 aromatic rings. The molecule has 35 heavy (non-hydrogen) atoms. The SMILES string of the molecule is COc1cc(C2CC(=O)Nc3nc(-c4ccccc4)[nH]c(=O)c32)ccc1OCc1ccc(C)cc1. The largest absolute Gasteiger partial charge is 0.493 e. The molecule has 2 heterocycles. The fraction of sp³-hybridized carbons (Fsp3) is 0.179. The highest BCUT2D eigenvalue weighted by molar-refractivity contribution is 5.94. The van der Waals surface area contributed by atoms with E-state index in [1.807, 2.05) is 79.7 Å². The number of anilines is 1.